The van der Waals surface area contributed by atoms with Crippen LogP contribution in [0.3, 0.4) is 0 Å². The Balaban J connectivity index is 2.16. The van der Waals surface area contributed by atoms with Crippen molar-refractivity contribution in [3.05, 3.63) is 59.1 Å². The van der Waals surface area contributed by atoms with Gasteiger partial charge in [-0.05, 0) is 12.1 Å². The van der Waals surface area contributed by atoms with Crippen molar-refractivity contribution in [2.75, 3.05) is 7.11 Å². The average Bonchev–Trinajstić information content (AvgIpc) is 2.62. The number of rotatable bonds is 4. The highest BCUT2D eigenvalue weighted by Gasteiger charge is 2.13. The monoisotopic (exact) mass is 321 g/mol. The third-order valence-electron chi connectivity index (χ3n) is 3.34. The molecule has 1 aromatic heterocycles. The molecule has 4 nitrogen and oxygen atoms in total. The van der Waals surface area contributed by atoms with E-state index in [2.05, 4.69) is 15.0 Å². The van der Waals surface area contributed by atoms with Crippen molar-refractivity contribution in [2.24, 2.45) is 0 Å². The number of nitrogens with zero attached hydrogens (tertiary/aromatic N) is 3. The molecule has 0 saturated heterocycles. The number of ether oxygens (including phenoxy) is 1. The normalized spacial score (nSPS) is 10.5. The molecule has 0 aliphatic heterocycles. The van der Waals surface area contributed by atoms with Gasteiger partial charge in [-0.25, -0.2) is 4.98 Å². The summed E-state index contributed by atoms with van der Waals surface area (Å²) in [6, 6.07) is 15.4. The molecular weight excluding hydrogens is 308 g/mol. The fourth-order valence-corrected chi connectivity index (χ4v) is 2.36. The second-order valence-electron chi connectivity index (χ2n) is 4.85. The summed E-state index contributed by atoms with van der Waals surface area (Å²) in [6.07, 6.45) is 0.415. The molecule has 0 aliphatic carbocycles. The quantitative estimate of drug-likeness (QED) is 0.690. The number of benzene rings is 2. The third kappa shape index (κ3) is 3.35. The zero-order valence-electron chi connectivity index (χ0n) is 12.5. The molecule has 2 radical (unpaired) electrons. The second-order valence-corrected chi connectivity index (χ2v) is 5.26. The van der Waals surface area contributed by atoms with E-state index in [0.717, 1.165) is 11.1 Å². The second kappa shape index (κ2) is 6.79. The Bertz CT molecular complexity index is 827. The average molecular weight is 322 g/mol. The first-order chi connectivity index (χ1) is 11.2. The fourth-order valence-electron chi connectivity index (χ4n) is 2.16. The third-order valence-corrected chi connectivity index (χ3v) is 3.67. The predicted octanol–water partition coefficient (Wildman–Crippen LogP) is 3.54. The van der Waals surface area contributed by atoms with Crippen molar-refractivity contribution in [3.8, 4) is 28.8 Å². The lowest BCUT2D eigenvalue weighted by molar-refractivity contribution is 0.379. The maximum absolute atomic E-state index is 6.30. The molecule has 0 amide bonds. The van der Waals surface area contributed by atoms with Gasteiger partial charge in [-0.2, -0.15) is 9.97 Å². The molecule has 0 bridgehead atoms. The van der Waals surface area contributed by atoms with Crippen molar-refractivity contribution in [3.63, 3.8) is 0 Å². The van der Waals surface area contributed by atoms with Gasteiger partial charge < -0.3 is 4.74 Å². The van der Waals surface area contributed by atoms with Crippen LogP contribution in [0.25, 0.3) is 22.8 Å². The lowest BCUT2D eigenvalue weighted by atomic mass is 9.95. The van der Waals surface area contributed by atoms with E-state index in [1.807, 2.05) is 42.5 Å². The Morgan fingerprint density at radius 1 is 1.00 bits per heavy atom. The predicted molar refractivity (Wildman–Crippen MR) is 91.7 cm³/mol. The Kier molecular flexibility index (Phi) is 4.58. The molecule has 2 aromatic carbocycles. The van der Waals surface area contributed by atoms with Gasteiger partial charge in [0.05, 0.1) is 20.0 Å². The van der Waals surface area contributed by atoms with E-state index in [1.54, 1.807) is 6.07 Å². The van der Waals surface area contributed by atoms with E-state index in [0.29, 0.717) is 28.6 Å². The first-order valence-electron chi connectivity index (χ1n) is 7.05. The molecule has 0 aliphatic rings. The summed E-state index contributed by atoms with van der Waals surface area (Å²) in [5.74, 6) is 0.984. The molecule has 0 spiro atoms. The standard InChI is InChI=1S/C17H13BClN3O/c1-23-17-21-15(12-5-3-2-4-6-12)20-16(22-17)13-9-11(10-18)7-8-14(13)19/h2-9H,10H2,1H3. The van der Waals surface area contributed by atoms with Gasteiger partial charge in [0.1, 0.15) is 0 Å². The number of hydrogen-bond donors (Lipinski definition) is 0. The van der Waals surface area contributed by atoms with Crippen molar-refractivity contribution in [1.82, 2.24) is 15.0 Å². The van der Waals surface area contributed by atoms with Crippen LogP contribution in [-0.4, -0.2) is 29.9 Å². The molecule has 3 aromatic rings. The summed E-state index contributed by atoms with van der Waals surface area (Å²) in [5.41, 5.74) is 2.53. The molecule has 0 saturated carbocycles. The van der Waals surface area contributed by atoms with Crippen LogP contribution in [0.1, 0.15) is 5.56 Å². The fraction of sp³-hybridized carbons (Fsp3) is 0.118. The number of aromatic nitrogens is 3. The van der Waals surface area contributed by atoms with Gasteiger partial charge in [-0.3, -0.25) is 0 Å². The first kappa shape index (κ1) is 15.5. The summed E-state index contributed by atoms with van der Waals surface area (Å²) >= 11 is 6.30. The van der Waals surface area contributed by atoms with Crippen LogP contribution in [0.2, 0.25) is 5.02 Å². The highest BCUT2D eigenvalue weighted by atomic mass is 35.5. The number of halogens is 1. The van der Waals surface area contributed by atoms with Gasteiger partial charge >= 0.3 is 6.01 Å². The van der Waals surface area contributed by atoms with Gasteiger partial charge in [-0.15, -0.1) is 0 Å². The number of hydrogen-bond acceptors (Lipinski definition) is 4. The lowest BCUT2D eigenvalue weighted by Gasteiger charge is -2.09. The van der Waals surface area contributed by atoms with Gasteiger partial charge in [0.2, 0.25) is 0 Å². The van der Waals surface area contributed by atoms with Gasteiger partial charge in [0.25, 0.3) is 0 Å². The van der Waals surface area contributed by atoms with E-state index >= 15 is 0 Å². The molecule has 3 rings (SSSR count). The van der Waals surface area contributed by atoms with Crippen molar-refractivity contribution in [2.45, 2.75) is 6.32 Å². The minimum Gasteiger partial charge on any atom is -0.467 e. The van der Waals surface area contributed by atoms with Gasteiger partial charge in [0.15, 0.2) is 11.6 Å². The van der Waals surface area contributed by atoms with Crippen LogP contribution in [0.4, 0.5) is 0 Å². The van der Waals surface area contributed by atoms with Crippen molar-refractivity contribution in [1.29, 1.82) is 0 Å². The summed E-state index contributed by atoms with van der Waals surface area (Å²) in [7, 11) is 7.22. The van der Waals surface area contributed by atoms with E-state index in [4.69, 9.17) is 24.2 Å². The van der Waals surface area contributed by atoms with Crippen LogP contribution in [-0.2, 0) is 6.32 Å². The van der Waals surface area contributed by atoms with Crippen molar-refractivity contribution >= 4 is 19.4 Å². The SMILES string of the molecule is [B]Cc1ccc(Cl)c(-c2nc(OC)nc(-c3ccccc3)n2)c1. The Morgan fingerprint density at radius 3 is 2.43 bits per heavy atom. The van der Waals surface area contributed by atoms with Crippen LogP contribution in [0, 0.1) is 0 Å². The van der Waals surface area contributed by atoms with Crippen LogP contribution < -0.4 is 4.74 Å². The topological polar surface area (TPSA) is 47.9 Å². The Labute approximate surface area is 141 Å². The van der Waals surface area contributed by atoms with E-state index in [1.165, 1.54) is 7.11 Å². The van der Waals surface area contributed by atoms with E-state index in [-0.39, 0.29) is 6.01 Å². The summed E-state index contributed by atoms with van der Waals surface area (Å²) < 4.78 is 5.20. The molecule has 6 heteroatoms. The smallest absolute Gasteiger partial charge is 0.320 e. The summed E-state index contributed by atoms with van der Waals surface area (Å²) in [5, 5.41) is 0.550. The summed E-state index contributed by atoms with van der Waals surface area (Å²) in [4.78, 5) is 13.2. The van der Waals surface area contributed by atoms with E-state index < -0.39 is 0 Å². The lowest BCUT2D eigenvalue weighted by Crippen LogP contribution is -2.01. The van der Waals surface area contributed by atoms with E-state index in [9.17, 15) is 0 Å². The molecule has 23 heavy (non-hydrogen) atoms. The zero-order valence-corrected chi connectivity index (χ0v) is 13.3. The first-order valence-corrected chi connectivity index (χ1v) is 7.43. The molecule has 0 N–H and O–H groups in total. The molecular formula is C17H13BClN3O. The van der Waals surface area contributed by atoms with Crippen LogP contribution in [0.5, 0.6) is 6.01 Å². The van der Waals surface area contributed by atoms with Crippen LogP contribution >= 0.6 is 11.6 Å². The molecule has 1 heterocycles. The van der Waals surface area contributed by atoms with Crippen molar-refractivity contribution < 1.29 is 4.74 Å². The zero-order chi connectivity index (χ0) is 16.2. The molecule has 0 unspecified atom stereocenters. The number of methoxy groups -OCH3 is 1. The Hall–Kier alpha value is -2.40. The van der Waals surface area contributed by atoms with Crippen LogP contribution in [0.15, 0.2) is 48.5 Å². The largest absolute Gasteiger partial charge is 0.467 e. The van der Waals surface area contributed by atoms with Gasteiger partial charge in [0, 0.05) is 11.1 Å². The highest BCUT2D eigenvalue weighted by molar-refractivity contribution is 6.33. The van der Waals surface area contributed by atoms with Gasteiger partial charge in [-0.1, -0.05) is 59.9 Å². The maximum atomic E-state index is 6.30. The minimum atomic E-state index is 0.239. The summed E-state index contributed by atoms with van der Waals surface area (Å²) in [6.45, 7) is 0. The molecule has 0 fully saturated rings. The Morgan fingerprint density at radius 2 is 1.74 bits per heavy atom. The minimum absolute atomic E-state index is 0.239. The molecule has 0 atom stereocenters. The molecule has 112 valence electrons. The highest BCUT2D eigenvalue weighted by Crippen LogP contribution is 2.29. The maximum Gasteiger partial charge on any atom is 0.320 e.